The van der Waals surface area contributed by atoms with Crippen molar-refractivity contribution in [3.63, 3.8) is 0 Å². The Morgan fingerprint density at radius 1 is 1.10 bits per heavy atom. The van der Waals surface area contributed by atoms with E-state index in [0.717, 1.165) is 62.4 Å². The highest BCUT2D eigenvalue weighted by atomic mass is 79.9. The van der Waals surface area contributed by atoms with E-state index in [4.69, 9.17) is 0 Å². The predicted octanol–water partition coefficient (Wildman–Crippen LogP) is 4.23. The molecule has 2 saturated carbocycles. The van der Waals surface area contributed by atoms with Crippen LogP contribution in [0.2, 0.25) is 0 Å². The Balaban J connectivity index is 1.09. The Morgan fingerprint density at radius 2 is 1.82 bits per heavy atom. The van der Waals surface area contributed by atoms with Gasteiger partial charge in [-0.25, -0.2) is 9.97 Å². The van der Waals surface area contributed by atoms with Crippen LogP contribution in [0.15, 0.2) is 10.7 Å². The maximum absolute atomic E-state index is 13.2. The molecule has 2 bridgehead atoms. The number of nitriles is 1. The van der Waals surface area contributed by atoms with Crippen LogP contribution in [0.25, 0.3) is 11.0 Å². The molecule has 4 heterocycles. The summed E-state index contributed by atoms with van der Waals surface area (Å²) in [6, 6.07) is 3.06. The maximum Gasteiger partial charge on any atom is 0.406 e. The number of fused-ring (bicyclic) bond motifs is 3. The molecule has 4 aliphatic rings. The largest absolute Gasteiger partial charge is 0.406 e. The van der Waals surface area contributed by atoms with Crippen LogP contribution in [0, 0.1) is 17.2 Å². The number of nitrogens with one attached hydrogen (secondary N) is 2. The molecule has 1 amide bonds. The number of aliphatic hydroxyl groups is 1. The molecule has 3 unspecified atom stereocenters. The molecule has 2 aromatic rings. The van der Waals surface area contributed by atoms with E-state index in [9.17, 15) is 28.3 Å². The summed E-state index contributed by atoms with van der Waals surface area (Å²) in [5.41, 5.74) is 0.430. The van der Waals surface area contributed by atoms with Gasteiger partial charge in [0.1, 0.15) is 23.9 Å². The number of amides is 1. The second-order valence-corrected chi connectivity index (χ2v) is 12.6. The van der Waals surface area contributed by atoms with Crippen LogP contribution in [-0.2, 0) is 11.3 Å². The fraction of sp³-hybridized carbons (Fsp3) is 0.704. The molecule has 9 nitrogen and oxygen atoms in total. The smallest absolute Gasteiger partial charge is 0.393 e. The van der Waals surface area contributed by atoms with E-state index in [2.05, 4.69) is 41.4 Å². The predicted molar refractivity (Wildman–Crippen MR) is 144 cm³/mol. The minimum Gasteiger partial charge on any atom is -0.393 e. The third-order valence-corrected chi connectivity index (χ3v) is 10.1. The summed E-state index contributed by atoms with van der Waals surface area (Å²) in [7, 11) is 0. The molecule has 5 atom stereocenters. The fourth-order valence-electron chi connectivity index (χ4n) is 7.60. The van der Waals surface area contributed by atoms with Crippen molar-refractivity contribution in [1.82, 2.24) is 24.8 Å². The molecule has 13 heteroatoms. The van der Waals surface area contributed by atoms with E-state index in [1.807, 2.05) is 0 Å². The molecule has 3 N–H and O–H groups in total. The fourth-order valence-corrected chi connectivity index (χ4v) is 8.23. The van der Waals surface area contributed by atoms with Crippen molar-refractivity contribution in [2.75, 3.05) is 5.32 Å². The van der Waals surface area contributed by atoms with Crippen LogP contribution < -0.4 is 10.6 Å². The minimum atomic E-state index is -4.50. The van der Waals surface area contributed by atoms with Gasteiger partial charge in [-0.15, -0.1) is 0 Å². The molecule has 0 spiro atoms. The number of nitrogens with zero attached hydrogens (tertiary/aromatic N) is 5. The van der Waals surface area contributed by atoms with Crippen LogP contribution in [0.1, 0.15) is 70.0 Å². The molecule has 216 valence electrons. The molecule has 2 saturated heterocycles. The first-order valence-corrected chi connectivity index (χ1v) is 14.9. The van der Waals surface area contributed by atoms with E-state index < -0.39 is 12.7 Å². The van der Waals surface area contributed by atoms with Crippen LogP contribution in [0.3, 0.4) is 0 Å². The van der Waals surface area contributed by atoms with E-state index in [-0.39, 0.29) is 52.9 Å². The van der Waals surface area contributed by atoms with Gasteiger partial charge in [-0.2, -0.15) is 18.4 Å². The zero-order chi connectivity index (χ0) is 28.2. The standard InChI is InChI=1S/C27H33BrF3N7O2/c28-23-24-20(36-22(11-32)37(24)13-27(29,30)31)12-33-25(23)34-14-1-4-16(5-2-14)38-17-6-8-21(38)19(10-17)26(40)35-15-3-7-18(39)9-15/h12,14-19,21,39H,1-10,13H2,(H,33,34)(H,35,40)/t14?,15-,16?,17?,18+,19?,21?/m0/s1. The van der Waals surface area contributed by atoms with Crippen LogP contribution >= 0.6 is 15.9 Å². The van der Waals surface area contributed by atoms with Gasteiger partial charge in [0.15, 0.2) is 0 Å². The molecule has 2 aliphatic heterocycles. The van der Waals surface area contributed by atoms with Gasteiger partial charge in [0.25, 0.3) is 0 Å². The SMILES string of the molecule is N#Cc1nc2cnc(NC3CCC(N4C5CCC4C(C(=O)N[C@H]4CC[C@@H](O)C4)C5)CC3)c(Br)c2n1CC(F)(F)F. The average Bonchev–Trinajstić information content (AvgIpc) is 3.68. The Hall–Kier alpha value is -2.43. The number of hydrogen-bond acceptors (Lipinski definition) is 7. The number of rotatable bonds is 6. The number of aromatic nitrogens is 3. The molecule has 40 heavy (non-hydrogen) atoms. The van der Waals surface area contributed by atoms with E-state index in [1.165, 1.54) is 6.20 Å². The lowest BCUT2D eigenvalue weighted by Gasteiger charge is -2.38. The van der Waals surface area contributed by atoms with Crippen LogP contribution in [-0.4, -0.2) is 72.9 Å². The topological polar surface area (TPSA) is 119 Å². The molecular formula is C27H33BrF3N7O2. The van der Waals surface area contributed by atoms with E-state index >= 15 is 0 Å². The van der Waals surface area contributed by atoms with Crippen molar-refractivity contribution in [2.45, 2.75) is 113 Å². The lowest BCUT2D eigenvalue weighted by Crippen LogP contribution is -2.46. The molecule has 4 fully saturated rings. The number of pyridine rings is 1. The third kappa shape index (κ3) is 5.30. The summed E-state index contributed by atoms with van der Waals surface area (Å²) in [4.78, 5) is 24.1. The molecule has 0 aromatic carbocycles. The third-order valence-electron chi connectivity index (χ3n) is 9.30. The van der Waals surface area contributed by atoms with Gasteiger partial charge in [0.05, 0.1) is 28.2 Å². The normalized spacial score (nSPS) is 32.5. The average molecular weight is 625 g/mol. The van der Waals surface area contributed by atoms with E-state index in [0.29, 0.717) is 28.8 Å². The monoisotopic (exact) mass is 623 g/mol. The van der Waals surface area contributed by atoms with E-state index in [1.54, 1.807) is 6.07 Å². The first-order chi connectivity index (χ1) is 19.1. The van der Waals surface area contributed by atoms with Gasteiger partial charge in [0, 0.05) is 30.2 Å². The second kappa shape index (κ2) is 10.8. The first-order valence-electron chi connectivity index (χ1n) is 14.1. The van der Waals surface area contributed by atoms with Crippen molar-refractivity contribution in [2.24, 2.45) is 5.92 Å². The van der Waals surface area contributed by atoms with Gasteiger partial charge >= 0.3 is 6.18 Å². The summed E-state index contributed by atoms with van der Waals surface area (Å²) in [5, 5.41) is 25.7. The van der Waals surface area contributed by atoms with Gasteiger partial charge in [-0.1, -0.05) is 0 Å². The van der Waals surface area contributed by atoms with Gasteiger partial charge < -0.3 is 20.3 Å². The number of anilines is 1. The Morgan fingerprint density at radius 3 is 2.50 bits per heavy atom. The van der Waals surface area contributed by atoms with Crippen LogP contribution in [0.5, 0.6) is 0 Å². The zero-order valence-corrected chi connectivity index (χ0v) is 23.6. The number of halogens is 4. The van der Waals surface area contributed by atoms with Crippen molar-refractivity contribution in [3.8, 4) is 6.07 Å². The first kappa shape index (κ1) is 27.7. The number of carbonyl (C=O) groups is 1. The van der Waals surface area contributed by atoms with Crippen LogP contribution in [0.4, 0.5) is 19.0 Å². The Labute approximate surface area is 238 Å². The maximum atomic E-state index is 13.2. The van der Waals surface area contributed by atoms with Crippen molar-refractivity contribution in [3.05, 3.63) is 16.5 Å². The molecule has 0 radical (unpaired) electrons. The number of alkyl halides is 3. The summed E-state index contributed by atoms with van der Waals surface area (Å²) < 4.78 is 40.9. The second-order valence-electron chi connectivity index (χ2n) is 11.8. The zero-order valence-electron chi connectivity index (χ0n) is 22.0. The molecule has 2 aliphatic carbocycles. The van der Waals surface area contributed by atoms with Crippen molar-refractivity contribution >= 4 is 38.7 Å². The molecule has 6 rings (SSSR count). The number of aliphatic hydroxyl groups excluding tert-OH is 1. The van der Waals surface area contributed by atoms with Gasteiger partial charge in [-0.3, -0.25) is 9.69 Å². The lowest BCUT2D eigenvalue weighted by molar-refractivity contribution is -0.140. The summed E-state index contributed by atoms with van der Waals surface area (Å²) in [5.74, 6) is 0.292. The number of hydrogen-bond donors (Lipinski definition) is 3. The summed E-state index contributed by atoms with van der Waals surface area (Å²) in [6.45, 7) is -1.31. The van der Waals surface area contributed by atoms with Gasteiger partial charge in [0.2, 0.25) is 11.7 Å². The van der Waals surface area contributed by atoms with Crippen molar-refractivity contribution in [1.29, 1.82) is 5.26 Å². The molecule has 2 aromatic heterocycles. The highest BCUT2D eigenvalue weighted by molar-refractivity contribution is 9.10. The summed E-state index contributed by atoms with van der Waals surface area (Å²) >= 11 is 3.43. The summed E-state index contributed by atoms with van der Waals surface area (Å²) in [6.07, 6.45) is 5.62. The highest BCUT2D eigenvalue weighted by Crippen LogP contribution is 2.46. The quantitative estimate of drug-likeness (QED) is 0.440. The van der Waals surface area contributed by atoms with Crippen molar-refractivity contribution < 1.29 is 23.1 Å². The highest BCUT2D eigenvalue weighted by Gasteiger charge is 2.52. The number of carbonyl (C=O) groups excluding carboxylic acids is 1. The Kier molecular flexibility index (Phi) is 7.46. The Bertz CT molecular complexity index is 1320. The lowest BCUT2D eigenvalue weighted by atomic mass is 9.88. The molecular weight excluding hydrogens is 591 g/mol. The number of imidazole rings is 1. The van der Waals surface area contributed by atoms with Gasteiger partial charge in [-0.05, 0) is 80.1 Å². The minimum absolute atomic E-state index is 0.0130.